The summed E-state index contributed by atoms with van der Waals surface area (Å²) in [5.74, 6) is 0.740. The number of carbonyl (C=O) groups excluding carboxylic acids is 1. The van der Waals surface area contributed by atoms with Gasteiger partial charge in [0.25, 0.3) is 0 Å². The summed E-state index contributed by atoms with van der Waals surface area (Å²) >= 11 is 0. The Morgan fingerprint density at radius 2 is 2.10 bits per heavy atom. The predicted molar refractivity (Wildman–Crippen MR) is 76.7 cm³/mol. The molecule has 2 N–H and O–H groups in total. The highest BCUT2D eigenvalue weighted by atomic mass is 16.3. The molecule has 0 bridgehead atoms. The van der Waals surface area contributed by atoms with E-state index >= 15 is 0 Å². The van der Waals surface area contributed by atoms with Crippen LogP contribution in [0.4, 0.5) is 5.82 Å². The number of imidazole rings is 1. The van der Waals surface area contributed by atoms with Gasteiger partial charge in [0.15, 0.2) is 5.82 Å². The first-order chi connectivity index (χ1) is 9.67. The molecule has 5 heteroatoms. The first-order valence-electron chi connectivity index (χ1n) is 6.16. The molecule has 0 aliphatic heterocycles. The van der Waals surface area contributed by atoms with Gasteiger partial charge >= 0.3 is 0 Å². The molecular formula is C15H13N3O2. The van der Waals surface area contributed by atoms with E-state index in [-0.39, 0.29) is 5.75 Å². The number of carbonyl (C=O) groups is 1. The number of phenols is 1. The van der Waals surface area contributed by atoms with Gasteiger partial charge in [0.05, 0.1) is 6.20 Å². The van der Waals surface area contributed by atoms with E-state index in [0.29, 0.717) is 12.2 Å². The molecule has 0 saturated heterocycles. The van der Waals surface area contributed by atoms with E-state index in [1.165, 1.54) is 0 Å². The number of aromatic nitrogens is 2. The summed E-state index contributed by atoms with van der Waals surface area (Å²) < 4.78 is 1.84. The van der Waals surface area contributed by atoms with Crippen LogP contribution in [-0.4, -0.2) is 20.9 Å². The highest BCUT2D eigenvalue weighted by Crippen LogP contribution is 2.27. The van der Waals surface area contributed by atoms with Crippen molar-refractivity contribution in [1.29, 1.82) is 0 Å². The molecule has 0 aliphatic rings. The van der Waals surface area contributed by atoms with Crippen LogP contribution in [0.5, 0.6) is 5.75 Å². The lowest BCUT2D eigenvalue weighted by molar-refractivity contribution is -0.105. The number of phenolic OH excluding ortho intramolecular Hbond substituents is 1. The van der Waals surface area contributed by atoms with Crippen LogP contribution in [0.15, 0.2) is 42.7 Å². The van der Waals surface area contributed by atoms with Crippen LogP contribution in [0.3, 0.4) is 0 Å². The maximum Gasteiger partial charge on any atom is 0.212 e. The molecule has 3 rings (SSSR count). The monoisotopic (exact) mass is 267 g/mol. The fourth-order valence-corrected chi connectivity index (χ4v) is 2.20. The molecular weight excluding hydrogens is 254 g/mol. The minimum absolute atomic E-state index is 0.236. The molecule has 0 spiro atoms. The average Bonchev–Trinajstić information content (AvgIpc) is 2.83. The van der Waals surface area contributed by atoms with Gasteiger partial charge in [-0.05, 0) is 47.9 Å². The first-order valence-corrected chi connectivity index (χ1v) is 6.16. The van der Waals surface area contributed by atoms with Crippen molar-refractivity contribution in [2.45, 2.75) is 6.92 Å². The van der Waals surface area contributed by atoms with Crippen LogP contribution < -0.4 is 5.32 Å². The molecule has 3 aromatic rings. The van der Waals surface area contributed by atoms with Crippen LogP contribution in [-0.2, 0) is 4.79 Å². The second-order valence-electron chi connectivity index (χ2n) is 4.57. The number of fused-ring (bicyclic) bond motifs is 1. The van der Waals surface area contributed by atoms with E-state index in [0.717, 1.165) is 22.3 Å². The molecule has 1 aromatic carbocycles. The van der Waals surface area contributed by atoms with Gasteiger partial charge in [-0.25, -0.2) is 4.98 Å². The van der Waals surface area contributed by atoms with E-state index in [2.05, 4.69) is 10.3 Å². The Balaban J connectivity index is 2.12. The molecule has 0 aliphatic carbocycles. The number of aryl methyl sites for hydroxylation is 1. The largest absolute Gasteiger partial charge is 0.508 e. The van der Waals surface area contributed by atoms with E-state index in [1.54, 1.807) is 18.3 Å². The van der Waals surface area contributed by atoms with E-state index in [1.807, 2.05) is 35.7 Å². The Morgan fingerprint density at radius 1 is 1.25 bits per heavy atom. The molecule has 0 unspecified atom stereocenters. The Bertz CT molecular complexity index is 793. The molecule has 1 amide bonds. The molecule has 0 fully saturated rings. The summed E-state index contributed by atoms with van der Waals surface area (Å²) in [7, 11) is 0. The van der Waals surface area contributed by atoms with Crippen molar-refractivity contribution in [3.63, 3.8) is 0 Å². The number of benzene rings is 1. The summed E-state index contributed by atoms with van der Waals surface area (Å²) in [6.07, 6.45) is 4.26. The van der Waals surface area contributed by atoms with Crippen molar-refractivity contribution in [3.05, 3.63) is 48.3 Å². The Morgan fingerprint density at radius 3 is 2.90 bits per heavy atom. The Labute approximate surface area is 115 Å². The quantitative estimate of drug-likeness (QED) is 0.717. The van der Waals surface area contributed by atoms with Crippen molar-refractivity contribution >= 4 is 17.9 Å². The molecule has 2 heterocycles. The number of aromatic hydroxyl groups is 1. The summed E-state index contributed by atoms with van der Waals surface area (Å²) in [6.45, 7) is 1.99. The zero-order valence-corrected chi connectivity index (χ0v) is 10.9. The third kappa shape index (κ3) is 2.09. The summed E-state index contributed by atoms with van der Waals surface area (Å²) in [4.78, 5) is 14.7. The van der Waals surface area contributed by atoms with E-state index in [9.17, 15) is 9.90 Å². The van der Waals surface area contributed by atoms with Gasteiger partial charge in [-0.15, -0.1) is 0 Å². The van der Waals surface area contributed by atoms with Gasteiger partial charge < -0.3 is 14.8 Å². The van der Waals surface area contributed by atoms with Gasteiger partial charge in [0.1, 0.15) is 11.4 Å². The number of rotatable bonds is 3. The molecule has 20 heavy (non-hydrogen) atoms. The summed E-state index contributed by atoms with van der Waals surface area (Å²) in [6, 6.07) is 9.09. The van der Waals surface area contributed by atoms with Gasteiger partial charge in [-0.3, -0.25) is 4.79 Å². The standard InChI is InChI=1S/C15H13N3O2/c1-10-2-4-12(20)6-13(10)11-3-5-15-17-14(16-9-19)8-18(15)7-11/h2-9,20H,1H3,(H,16,19). The molecule has 5 nitrogen and oxygen atoms in total. The highest BCUT2D eigenvalue weighted by Gasteiger charge is 2.06. The predicted octanol–water partition coefficient (Wildman–Crippen LogP) is 2.58. The van der Waals surface area contributed by atoms with Crippen LogP contribution >= 0.6 is 0 Å². The highest BCUT2D eigenvalue weighted by molar-refractivity contribution is 5.72. The van der Waals surface area contributed by atoms with Crippen molar-refractivity contribution in [3.8, 4) is 16.9 Å². The third-order valence-corrected chi connectivity index (χ3v) is 3.19. The summed E-state index contributed by atoms with van der Waals surface area (Å²) in [5, 5.41) is 12.1. The maximum absolute atomic E-state index is 10.4. The average molecular weight is 267 g/mol. The lowest BCUT2D eigenvalue weighted by atomic mass is 10.0. The second kappa shape index (κ2) is 4.70. The molecule has 2 aromatic heterocycles. The van der Waals surface area contributed by atoms with Gasteiger partial charge in [0.2, 0.25) is 6.41 Å². The lowest BCUT2D eigenvalue weighted by Crippen LogP contribution is -1.92. The van der Waals surface area contributed by atoms with Gasteiger partial charge in [-0.1, -0.05) is 6.07 Å². The fraction of sp³-hybridized carbons (Fsp3) is 0.0667. The zero-order valence-electron chi connectivity index (χ0n) is 10.9. The van der Waals surface area contributed by atoms with Gasteiger partial charge in [0, 0.05) is 6.20 Å². The lowest BCUT2D eigenvalue weighted by Gasteiger charge is -2.07. The zero-order chi connectivity index (χ0) is 14.1. The summed E-state index contributed by atoms with van der Waals surface area (Å²) in [5.41, 5.74) is 3.76. The number of hydrogen-bond acceptors (Lipinski definition) is 3. The van der Waals surface area contributed by atoms with Crippen molar-refractivity contribution in [2.75, 3.05) is 5.32 Å². The SMILES string of the molecule is Cc1ccc(O)cc1-c1ccc2nc(NC=O)cn2c1. The van der Waals surface area contributed by atoms with Gasteiger partial charge in [-0.2, -0.15) is 0 Å². The number of amides is 1. The molecule has 0 saturated carbocycles. The number of pyridine rings is 1. The molecule has 0 atom stereocenters. The molecule has 100 valence electrons. The van der Waals surface area contributed by atoms with E-state index in [4.69, 9.17) is 0 Å². The number of nitrogens with zero attached hydrogens (tertiary/aromatic N) is 2. The first kappa shape index (κ1) is 12.2. The van der Waals surface area contributed by atoms with Crippen LogP contribution in [0.2, 0.25) is 0 Å². The van der Waals surface area contributed by atoms with Crippen molar-refractivity contribution in [2.24, 2.45) is 0 Å². The topological polar surface area (TPSA) is 66.6 Å². The number of anilines is 1. The minimum atomic E-state index is 0.236. The number of nitrogens with one attached hydrogen (secondary N) is 1. The van der Waals surface area contributed by atoms with Crippen molar-refractivity contribution < 1.29 is 9.90 Å². The third-order valence-electron chi connectivity index (χ3n) is 3.19. The van der Waals surface area contributed by atoms with Crippen LogP contribution in [0.1, 0.15) is 5.56 Å². The number of hydrogen-bond donors (Lipinski definition) is 2. The maximum atomic E-state index is 10.4. The molecule has 0 radical (unpaired) electrons. The smallest absolute Gasteiger partial charge is 0.212 e. The second-order valence-corrected chi connectivity index (χ2v) is 4.57. The Kier molecular flexibility index (Phi) is 2.87. The normalized spacial score (nSPS) is 10.7. The van der Waals surface area contributed by atoms with Crippen LogP contribution in [0.25, 0.3) is 16.8 Å². The van der Waals surface area contributed by atoms with E-state index < -0.39 is 0 Å². The van der Waals surface area contributed by atoms with Crippen LogP contribution in [0, 0.1) is 6.92 Å². The Hall–Kier alpha value is -2.82. The minimum Gasteiger partial charge on any atom is -0.508 e. The fourth-order valence-electron chi connectivity index (χ4n) is 2.20. The van der Waals surface area contributed by atoms with Crippen molar-refractivity contribution in [1.82, 2.24) is 9.38 Å².